The molecule has 0 radical (unpaired) electrons. The molecule has 1 aliphatic heterocycles. The van der Waals surface area contributed by atoms with Gasteiger partial charge in [-0.2, -0.15) is 11.8 Å². The molecule has 0 spiro atoms. The van der Waals surface area contributed by atoms with E-state index in [1.165, 1.54) is 57.4 Å². The van der Waals surface area contributed by atoms with Crippen molar-refractivity contribution in [1.82, 2.24) is 4.90 Å². The van der Waals surface area contributed by atoms with Gasteiger partial charge in [0, 0.05) is 29.1 Å². The summed E-state index contributed by atoms with van der Waals surface area (Å²) in [6.45, 7) is 7.26. The highest BCUT2D eigenvalue weighted by molar-refractivity contribution is 8.00. The molecule has 0 aromatic rings. The number of nitrogens with zero attached hydrogens (tertiary/aromatic N) is 1. The second kappa shape index (κ2) is 5.94. The van der Waals surface area contributed by atoms with E-state index in [0.717, 1.165) is 0 Å². The highest BCUT2D eigenvalue weighted by atomic mass is 32.2. The molecule has 2 nitrogen and oxygen atoms in total. The Hall–Kier alpha value is 0.270. The van der Waals surface area contributed by atoms with Gasteiger partial charge < -0.3 is 5.73 Å². The predicted octanol–water partition coefficient (Wildman–Crippen LogP) is 2.86. The Bertz CT molecular complexity index is 242. The fraction of sp³-hybridized carbons (Fsp3) is 1.00. The Balaban J connectivity index is 1.95. The number of rotatable bonds is 1. The molecule has 2 rings (SSSR count). The van der Waals surface area contributed by atoms with Gasteiger partial charge in [-0.15, -0.1) is 0 Å². The van der Waals surface area contributed by atoms with Crippen molar-refractivity contribution in [2.75, 3.05) is 18.8 Å². The molecular formula is C14H28N2S. The minimum absolute atomic E-state index is 0.420. The van der Waals surface area contributed by atoms with Crippen molar-refractivity contribution in [3.8, 4) is 0 Å². The number of hydrogen-bond donors (Lipinski definition) is 1. The summed E-state index contributed by atoms with van der Waals surface area (Å²) in [7, 11) is 0. The Morgan fingerprint density at radius 1 is 1.12 bits per heavy atom. The first kappa shape index (κ1) is 13.7. The van der Waals surface area contributed by atoms with Crippen molar-refractivity contribution >= 4 is 11.8 Å². The quantitative estimate of drug-likeness (QED) is 0.732. The minimum atomic E-state index is 0.420. The highest BCUT2D eigenvalue weighted by Gasteiger charge is 2.30. The van der Waals surface area contributed by atoms with Crippen LogP contribution in [0.4, 0.5) is 0 Å². The second-order valence-corrected chi connectivity index (χ2v) is 8.07. The standard InChI is InChI=1S/C14H28N2S/c1-14(2)8-9-16(10-11-17-14)13-7-5-3-4-6-12(13)15/h12-13H,3-11,15H2,1-2H3. The largest absolute Gasteiger partial charge is 0.326 e. The molecule has 2 atom stereocenters. The first-order valence-electron chi connectivity index (χ1n) is 7.22. The molecule has 2 fully saturated rings. The van der Waals surface area contributed by atoms with Crippen LogP contribution >= 0.6 is 11.8 Å². The van der Waals surface area contributed by atoms with E-state index >= 15 is 0 Å². The lowest BCUT2D eigenvalue weighted by atomic mass is 10.0. The maximum Gasteiger partial charge on any atom is 0.0247 e. The van der Waals surface area contributed by atoms with Gasteiger partial charge in [-0.25, -0.2) is 0 Å². The molecule has 1 aliphatic carbocycles. The van der Waals surface area contributed by atoms with Crippen LogP contribution in [-0.4, -0.2) is 40.6 Å². The zero-order valence-corrected chi connectivity index (χ0v) is 12.3. The Labute approximate surface area is 111 Å². The molecule has 17 heavy (non-hydrogen) atoms. The van der Waals surface area contributed by atoms with Crippen molar-refractivity contribution in [3.63, 3.8) is 0 Å². The predicted molar refractivity (Wildman–Crippen MR) is 77.6 cm³/mol. The molecule has 100 valence electrons. The van der Waals surface area contributed by atoms with Crippen LogP contribution in [0.15, 0.2) is 0 Å². The zero-order chi connectivity index (χ0) is 12.3. The van der Waals surface area contributed by atoms with E-state index in [4.69, 9.17) is 5.73 Å². The van der Waals surface area contributed by atoms with E-state index in [9.17, 15) is 0 Å². The summed E-state index contributed by atoms with van der Waals surface area (Å²) in [6, 6.07) is 1.08. The lowest BCUT2D eigenvalue weighted by Gasteiger charge is -2.34. The average molecular weight is 256 g/mol. The van der Waals surface area contributed by atoms with Gasteiger partial charge >= 0.3 is 0 Å². The molecular weight excluding hydrogens is 228 g/mol. The third kappa shape index (κ3) is 3.87. The topological polar surface area (TPSA) is 29.3 Å². The highest BCUT2D eigenvalue weighted by Crippen LogP contribution is 2.32. The van der Waals surface area contributed by atoms with Gasteiger partial charge in [-0.3, -0.25) is 4.90 Å². The van der Waals surface area contributed by atoms with Crippen molar-refractivity contribution in [2.45, 2.75) is 69.2 Å². The number of nitrogens with two attached hydrogens (primary N) is 1. The van der Waals surface area contributed by atoms with E-state index in [0.29, 0.717) is 16.8 Å². The molecule has 2 unspecified atom stereocenters. The fourth-order valence-corrected chi connectivity index (χ4v) is 4.25. The third-order valence-corrected chi connectivity index (χ3v) is 5.75. The summed E-state index contributed by atoms with van der Waals surface area (Å²) in [5, 5.41) is 0. The van der Waals surface area contributed by atoms with Crippen LogP contribution in [0, 0.1) is 0 Å². The summed E-state index contributed by atoms with van der Waals surface area (Å²) in [6.07, 6.45) is 7.97. The van der Waals surface area contributed by atoms with Crippen LogP contribution < -0.4 is 5.73 Å². The number of thioether (sulfide) groups is 1. The van der Waals surface area contributed by atoms with E-state index in [1.807, 2.05) is 0 Å². The summed E-state index contributed by atoms with van der Waals surface area (Å²) < 4.78 is 0.462. The molecule has 1 saturated carbocycles. The van der Waals surface area contributed by atoms with E-state index in [2.05, 4.69) is 30.5 Å². The molecule has 0 aromatic carbocycles. The molecule has 3 heteroatoms. The van der Waals surface area contributed by atoms with Crippen LogP contribution in [0.25, 0.3) is 0 Å². The van der Waals surface area contributed by atoms with Gasteiger partial charge in [0.1, 0.15) is 0 Å². The molecule has 0 amide bonds. The lowest BCUT2D eigenvalue weighted by Crippen LogP contribution is -2.48. The number of hydrogen-bond acceptors (Lipinski definition) is 3. The smallest absolute Gasteiger partial charge is 0.0247 e. The maximum absolute atomic E-state index is 6.38. The van der Waals surface area contributed by atoms with Crippen LogP contribution in [0.1, 0.15) is 52.4 Å². The van der Waals surface area contributed by atoms with Crippen molar-refractivity contribution in [1.29, 1.82) is 0 Å². The van der Waals surface area contributed by atoms with Crippen LogP contribution in [0.3, 0.4) is 0 Å². The molecule has 2 aliphatic rings. The van der Waals surface area contributed by atoms with Gasteiger partial charge in [-0.05, 0) is 25.8 Å². The maximum atomic E-state index is 6.38. The second-order valence-electron chi connectivity index (χ2n) is 6.26. The average Bonchev–Trinajstić information content (AvgIpc) is 2.57. The SMILES string of the molecule is CC1(C)CCN(C2CCCCCC2N)CCS1. The summed E-state index contributed by atoms with van der Waals surface area (Å²) in [5.41, 5.74) is 6.38. The van der Waals surface area contributed by atoms with Crippen LogP contribution in [-0.2, 0) is 0 Å². The van der Waals surface area contributed by atoms with Crippen molar-refractivity contribution < 1.29 is 0 Å². The molecule has 0 aromatic heterocycles. The summed E-state index contributed by atoms with van der Waals surface area (Å²) in [4.78, 5) is 2.69. The monoisotopic (exact) mass is 256 g/mol. The van der Waals surface area contributed by atoms with E-state index < -0.39 is 0 Å². The minimum Gasteiger partial charge on any atom is -0.326 e. The van der Waals surface area contributed by atoms with Gasteiger partial charge in [0.05, 0.1) is 0 Å². The summed E-state index contributed by atoms with van der Waals surface area (Å²) >= 11 is 2.13. The zero-order valence-electron chi connectivity index (χ0n) is 11.5. The normalized spacial score (nSPS) is 36.2. The lowest BCUT2D eigenvalue weighted by molar-refractivity contribution is 0.170. The summed E-state index contributed by atoms with van der Waals surface area (Å²) in [5.74, 6) is 1.27. The first-order valence-corrected chi connectivity index (χ1v) is 8.21. The first-order chi connectivity index (χ1) is 8.08. The Kier molecular flexibility index (Phi) is 4.79. The van der Waals surface area contributed by atoms with E-state index in [1.54, 1.807) is 0 Å². The van der Waals surface area contributed by atoms with Crippen molar-refractivity contribution in [3.05, 3.63) is 0 Å². The van der Waals surface area contributed by atoms with Crippen molar-refractivity contribution in [2.24, 2.45) is 5.73 Å². The third-order valence-electron chi connectivity index (χ3n) is 4.37. The van der Waals surface area contributed by atoms with Gasteiger partial charge in [-0.1, -0.05) is 33.1 Å². The molecule has 2 N–H and O–H groups in total. The van der Waals surface area contributed by atoms with Crippen LogP contribution in [0.5, 0.6) is 0 Å². The van der Waals surface area contributed by atoms with Gasteiger partial charge in [0.15, 0.2) is 0 Å². The van der Waals surface area contributed by atoms with Gasteiger partial charge in [0.25, 0.3) is 0 Å². The molecule has 1 saturated heterocycles. The molecule has 0 bridgehead atoms. The van der Waals surface area contributed by atoms with Gasteiger partial charge in [0.2, 0.25) is 0 Å². The van der Waals surface area contributed by atoms with Crippen LogP contribution in [0.2, 0.25) is 0 Å². The Morgan fingerprint density at radius 3 is 2.71 bits per heavy atom. The Morgan fingerprint density at radius 2 is 1.88 bits per heavy atom. The fourth-order valence-electron chi connectivity index (χ4n) is 3.14. The molecule has 1 heterocycles. The van der Waals surface area contributed by atoms with E-state index in [-0.39, 0.29) is 0 Å².